The third-order valence-electron chi connectivity index (χ3n) is 0.744. The fraction of sp³-hybridized carbons (Fsp3) is 1.00. The van der Waals surface area contributed by atoms with Crippen molar-refractivity contribution in [3.05, 3.63) is 0 Å². The molecule has 0 spiro atoms. The van der Waals surface area contributed by atoms with Crippen LogP contribution in [-0.4, -0.2) is 31.1 Å². The fourth-order valence-electron chi connectivity index (χ4n) is 0.433. The summed E-state index contributed by atoms with van der Waals surface area (Å²) in [6, 6.07) is 0. The maximum atomic E-state index is 5.05. The van der Waals surface area contributed by atoms with Crippen molar-refractivity contribution < 1.29 is 14.2 Å². The third-order valence-corrected chi connectivity index (χ3v) is 1.90. The quantitative estimate of drug-likeness (QED) is 0.362. The minimum atomic E-state index is -0.240. The van der Waals surface area contributed by atoms with Gasteiger partial charge in [0.05, 0.1) is 14.2 Å². The molecule has 0 aliphatic heterocycles. The van der Waals surface area contributed by atoms with Crippen LogP contribution >= 0.6 is 0 Å². The van der Waals surface area contributed by atoms with E-state index in [0.29, 0.717) is 5.04 Å². The van der Waals surface area contributed by atoms with E-state index in [1.807, 2.05) is 0 Å². The molecule has 0 N–H and O–H groups in total. The van der Waals surface area contributed by atoms with Crippen molar-refractivity contribution >= 4 is 9.76 Å². The Morgan fingerprint density at radius 1 is 0.909 bits per heavy atom. The summed E-state index contributed by atoms with van der Waals surface area (Å²) < 4.78 is 5.05. The van der Waals surface area contributed by atoms with Crippen molar-refractivity contribution in [3.8, 4) is 0 Å². The highest BCUT2D eigenvalue weighted by atomic mass is 28.2. The topological polar surface area (TPSA) is 27.7 Å². The molecule has 0 fully saturated rings. The first-order chi connectivity index (χ1) is 4.97. The smallest absolute Gasteiger partial charge is 0.166 e. The molecule has 0 bridgehead atoms. The van der Waals surface area contributed by atoms with Crippen LogP contribution in [0.1, 0.15) is 20.8 Å². The molecule has 4 heteroatoms. The van der Waals surface area contributed by atoms with Crippen LogP contribution in [-0.2, 0) is 14.2 Å². The summed E-state index contributed by atoms with van der Waals surface area (Å²) >= 11 is 0. The van der Waals surface area contributed by atoms with E-state index in [2.05, 4.69) is 30.5 Å². The Labute approximate surface area is 71.9 Å². The van der Waals surface area contributed by atoms with Gasteiger partial charge in [-0.3, -0.25) is 0 Å². The molecular formula is C7H20O3Si. The first kappa shape index (κ1) is 13.7. The van der Waals surface area contributed by atoms with Crippen LogP contribution < -0.4 is 0 Å². The third kappa shape index (κ3) is 25.5. The van der Waals surface area contributed by atoms with Crippen molar-refractivity contribution in [3.63, 3.8) is 0 Å². The lowest BCUT2D eigenvalue weighted by Gasteiger charge is -2.14. The molecule has 0 aromatic carbocycles. The molecule has 3 nitrogen and oxygen atoms in total. The average molecular weight is 180 g/mol. The molecule has 0 aromatic heterocycles. The minimum absolute atomic E-state index is 0.240. The first-order valence-corrected chi connectivity index (χ1v) is 4.82. The highest BCUT2D eigenvalue weighted by molar-refractivity contribution is 6.31. The van der Waals surface area contributed by atoms with E-state index in [9.17, 15) is 0 Å². The highest BCUT2D eigenvalue weighted by Crippen LogP contribution is 2.18. The summed E-state index contributed by atoms with van der Waals surface area (Å²) in [6.45, 7) is 6.63. The van der Waals surface area contributed by atoms with Crippen molar-refractivity contribution in [2.24, 2.45) is 0 Å². The number of hydrogen-bond acceptors (Lipinski definition) is 3. The van der Waals surface area contributed by atoms with Crippen molar-refractivity contribution in [1.29, 1.82) is 0 Å². The summed E-state index contributed by atoms with van der Waals surface area (Å²) in [6.07, 6.45) is 0. The predicted molar refractivity (Wildman–Crippen MR) is 49.3 cm³/mol. The molecule has 0 aromatic rings. The van der Waals surface area contributed by atoms with E-state index >= 15 is 0 Å². The van der Waals surface area contributed by atoms with E-state index in [1.165, 1.54) is 14.2 Å². The van der Waals surface area contributed by atoms with Crippen LogP contribution in [0.25, 0.3) is 0 Å². The van der Waals surface area contributed by atoms with Gasteiger partial charge in [-0.15, -0.1) is 0 Å². The molecule has 0 atom stereocenters. The van der Waals surface area contributed by atoms with E-state index in [-0.39, 0.29) is 9.76 Å². The Morgan fingerprint density at radius 3 is 1.27 bits per heavy atom. The van der Waals surface area contributed by atoms with Gasteiger partial charge < -0.3 is 4.43 Å². The normalized spacial score (nSPS) is 11.5. The molecule has 0 rings (SSSR count). The van der Waals surface area contributed by atoms with Crippen LogP contribution in [0.3, 0.4) is 0 Å². The number of rotatable bonds is 2. The Kier molecular flexibility index (Phi) is 10.2. The van der Waals surface area contributed by atoms with Crippen LogP contribution in [0.2, 0.25) is 5.04 Å². The molecule has 0 saturated carbocycles. The van der Waals surface area contributed by atoms with Crippen molar-refractivity contribution in [1.82, 2.24) is 0 Å². The SMILES string of the molecule is COOC.CO[SiH2]C(C)(C)C. The average Bonchev–Trinajstić information content (AvgIpc) is 1.86. The second-order valence-corrected chi connectivity index (χ2v) is 6.31. The maximum absolute atomic E-state index is 5.05. The second-order valence-electron chi connectivity index (χ2n) is 3.33. The molecule has 0 unspecified atom stereocenters. The molecule has 0 amide bonds. The summed E-state index contributed by atoms with van der Waals surface area (Å²) in [7, 11) is 4.47. The lowest BCUT2D eigenvalue weighted by atomic mass is 10.3. The zero-order valence-corrected chi connectivity index (χ0v) is 9.85. The van der Waals surface area contributed by atoms with Gasteiger partial charge >= 0.3 is 0 Å². The standard InChI is InChI=1S/C5H14OSi.C2H6O2/c1-5(2,3)7-6-4;1-3-4-2/h7H2,1-4H3;1-2H3. The monoisotopic (exact) mass is 180 g/mol. The van der Waals surface area contributed by atoms with Gasteiger partial charge in [0.2, 0.25) is 0 Å². The highest BCUT2D eigenvalue weighted by Gasteiger charge is 2.08. The lowest BCUT2D eigenvalue weighted by Crippen LogP contribution is -2.09. The largest absolute Gasteiger partial charge is 0.427 e. The van der Waals surface area contributed by atoms with E-state index < -0.39 is 0 Å². The van der Waals surface area contributed by atoms with Crippen molar-refractivity contribution in [2.45, 2.75) is 25.8 Å². The summed E-state index contributed by atoms with van der Waals surface area (Å²) in [5.41, 5.74) is 0. The van der Waals surface area contributed by atoms with Crippen LogP contribution in [0.4, 0.5) is 0 Å². The summed E-state index contributed by atoms with van der Waals surface area (Å²) in [5, 5.41) is 0.467. The van der Waals surface area contributed by atoms with Crippen LogP contribution in [0, 0.1) is 0 Å². The first-order valence-electron chi connectivity index (χ1n) is 3.53. The summed E-state index contributed by atoms with van der Waals surface area (Å²) in [4.78, 5) is 8.08. The van der Waals surface area contributed by atoms with Gasteiger partial charge in [0, 0.05) is 7.11 Å². The minimum Gasteiger partial charge on any atom is -0.427 e. The van der Waals surface area contributed by atoms with E-state index in [4.69, 9.17) is 4.43 Å². The Bertz CT molecular complexity index is 68.6. The molecule has 0 heterocycles. The summed E-state index contributed by atoms with van der Waals surface area (Å²) in [5.74, 6) is 0. The molecule has 11 heavy (non-hydrogen) atoms. The lowest BCUT2D eigenvalue weighted by molar-refractivity contribution is -0.248. The van der Waals surface area contributed by atoms with Gasteiger partial charge in [0.15, 0.2) is 9.76 Å². The van der Waals surface area contributed by atoms with Gasteiger partial charge in [0.1, 0.15) is 0 Å². The van der Waals surface area contributed by atoms with Gasteiger partial charge in [0.25, 0.3) is 0 Å². The van der Waals surface area contributed by atoms with Crippen LogP contribution in [0.5, 0.6) is 0 Å². The van der Waals surface area contributed by atoms with Gasteiger partial charge in [-0.1, -0.05) is 20.8 Å². The van der Waals surface area contributed by atoms with E-state index in [0.717, 1.165) is 0 Å². The Morgan fingerprint density at radius 2 is 1.27 bits per heavy atom. The Hall–Kier alpha value is 0.0969. The fourth-order valence-corrected chi connectivity index (χ4v) is 1.30. The molecular weight excluding hydrogens is 160 g/mol. The van der Waals surface area contributed by atoms with Crippen LogP contribution in [0.15, 0.2) is 0 Å². The molecule has 0 radical (unpaired) electrons. The van der Waals surface area contributed by atoms with Gasteiger partial charge in [-0.2, -0.15) is 0 Å². The molecule has 70 valence electrons. The molecule has 0 aliphatic carbocycles. The molecule has 0 aliphatic rings. The van der Waals surface area contributed by atoms with Crippen molar-refractivity contribution in [2.75, 3.05) is 21.3 Å². The zero-order chi connectivity index (χ0) is 9.33. The second kappa shape index (κ2) is 8.20. The predicted octanol–water partition coefficient (Wildman–Crippen LogP) is 1.13. The van der Waals surface area contributed by atoms with Gasteiger partial charge in [-0.25, -0.2) is 9.78 Å². The Balaban J connectivity index is 0. The molecule has 0 saturated heterocycles. The maximum Gasteiger partial charge on any atom is 0.166 e. The zero-order valence-electron chi connectivity index (χ0n) is 8.43. The van der Waals surface area contributed by atoms with Gasteiger partial charge in [-0.05, 0) is 5.04 Å². The van der Waals surface area contributed by atoms with E-state index in [1.54, 1.807) is 7.11 Å². The number of hydrogen-bond donors (Lipinski definition) is 0.